The van der Waals surface area contributed by atoms with E-state index >= 15 is 0 Å². The molecule has 160 valence electrons. The standard InChI is InChI=1S/C22H29ClN6S/c23-19-16-20(29-14-12-28(13-15-29)18-10-6-3-7-11-18)26-21(25-19)27-22(30)24-17-8-4-1-2-5-9-17/h3,6-7,10-11,16-17H,1-2,4-5,8-9,12-15H2,(H2,24,25,26,27,30). The Hall–Kier alpha value is -2.12. The molecule has 0 unspecified atom stereocenters. The highest BCUT2D eigenvalue weighted by molar-refractivity contribution is 7.80. The molecule has 2 aromatic rings. The number of hydrogen-bond donors (Lipinski definition) is 2. The molecule has 2 heterocycles. The number of benzene rings is 1. The summed E-state index contributed by atoms with van der Waals surface area (Å²) in [5.74, 6) is 1.29. The predicted molar refractivity (Wildman–Crippen MR) is 129 cm³/mol. The van der Waals surface area contributed by atoms with Crippen LogP contribution in [0.4, 0.5) is 17.5 Å². The third kappa shape index (κ3) is 5.73. The fourth-order valence-corrected chi connectivity index (χ4v) is 4.64. The quantitative estimate of drug-likeness (QED) is 0.410. The smallest absolute Gasteiger partial charge is 0.232 e. The van der Waals surface area contributed by atoms with Gasteiger partial charge in [0, 0.05) is 44.0 Å². The first kappa shape index (κ1) is 21.1. The maximum Gasteiger partial charge on any atom is 0.232 e. The van der Waals surface area contributed by atoms with Gasteiger partial charge < -0.3 is 20.4 Å². The molecular weight excluding hydrogens is 416 g/mol. The van der Waals surface area contributed by atoms with Crippen LogP contribution in [0.5, 0.6) is 0 Å². The molecule has 6 nitrogen and oxygen atoms in total. The zero-order chi connectivity index (χ0) is 20.8. The van der Waals surface area contributed by atoms with Crippen LogP contribution in [-0.4, -0.2) is 47.3 Å². The van der Waals surface area contributed by atoms with Gasteiger partial charge in [-0.3, -0.25) is 0 Å². The van der Waals surface area contributed by atoms with Crippen molar-refractivity contribution in [3.8, 4) is 0 Å². The average Bonchev–Trinajstić information content (AvgIpc) is 3.02. The summed E-state index contributed by atoms with van der Waals surface area (Å²) in [4.78, 5) is 13.6. The van der Waals surface area contributed by atoms with Crippen LogP contribution in [0.15, 0.2) is 36.4 Å². The molecule has 1 aromatic carbocycles. The van der Waals surface area contributed by atoms with E-state index in [0.717, 1.165) is 44.8 Å². The van der Waals surface area contributed by atoms with Crippen LogP contribution in [0.3, 0.4) is 0 Å². The number of anilines is 3. The highest BCUT2D eigenvalue weighted by Crippen LogP contribution is 2.22. The van der Waals surface area contributed by atoms with E-state index in [1.807, 2.05) is 12.1 Å². The van der Waals surface area contributed by atoms with Crippen LogP contribution in [-0.2, 0) is 0 Å². The number of hydrogen-bond acceptors (Lipinski definition) is 5. The lowest BCUT2D eigenvalue weighted by Crippen LogP contribution is -2.47. The molecule has 0 amide bonds. The molecule has 0 spiro atoms. The van der Waals surface area contributed by atoms with E-state index in [0.29, 0.717) is 22.3 Å². The molecule has 0 atom stereocenters. The van der Waals surface area contributed by atoms with Crippen LogP contribution in [0.1, 0.15) is 38.5 Å². The molecule has 0 bridgehead atoms. The van der Waals surface area contributed by atoms with Crippen LogP contribution in [0.25, 0.3) is 0 Å². The van der Waals surface area contributed by atoms with Gasteiger partial charge in [0.15, 0.2) is 5.11 Å². The number of rotatable bonds is 4. The largest absolute Gasteiger partial charge is 0.368 e. The Kier molecular flexibility index (Phi) is 7.23. The van der Waals surface area contributed by atoms with Crippen molar-refractivity contribution < 1.29 is 0 Å². The molecule has 1 aliphatic carbocycles. The number of thiocarbonyl (C=S) groups is 1. The van der Waals surface area contributed by atoms with Crippen molar-refractivity contribution in [3.05, 3.63) is 41.6 Å². The summed E-state index contributed by atoms with van der Waals surface area (Å²) >= 11 is 11.8. The minimum atomic E-state index is 0.422. The molecule has 1 aliphatic heterocycles. The van der Waals surface area contributed by atoms with Crippen molar-refractivity contribution in [2.75, 3.05) is 41.3 Å². The summed E-state index contributed by atoms with van der Waals surface area (Å²) in [6, 6.07) is 12.8. The van der Waals surface area contributed by atoms with Gasteiger partial charge in [-0.1, -0.05) is 55.5 Å². The normalized spacial score (nSPS) is 18.0. The van der Waals surface area contributed by atoms with Crippen LogP contribution in [0.2, 0.25) is 5.15 Å². The summed E-state index contributed by atoms with van der Waals surface area (Å²) < 4.78 is 0. The highest BCUT2D eigenvalue weighted by Gasteiger charge is 2.20. The average molecular weight is 445 g/mol. The molecule has 2 aliphatic rings. The Morgan fingerprint density at radius 1 is 0.933 bits per heavy atom. The minimum absolute atomic E-state index is 0.422. The first-order valence-electron chi connectivity index (χ1n) is 10.8. The van der Waals surface area contributed by atoms with Gasteiger partial charge in [-0.25, -0.2) is 4.98 Å². The number of nitrogens with one attached hydrogen (secondary N) is 2. The second-order valence-corrected chi connectivity index (χ2v) is 8.76. The zero-order valence-electron chi connectivity index (χ0n) is 17.2. The molecule has 1 saturated carbocycles. The number of halogens is 1. The van der Waals surface area contributed by atoms with Gasteiger partial charge in [0.05, 0.1) is 0 Å². The summed E-state index contributed by atoms with van der Waals surface area (Å²) in [5, 5.41) is 7.56. The lowest BCUT2D eigenvalue weighted by molar-refractivity contribution is 0.535. The molecule has 1 aromatic heterocycles. The van der Waals surface area contributed by atoms with Crippen molar-refractivity contribution in [2.45, 2.75) is 44.6 Å². The summed E-state index contributed by atoms with van der Waals surface area (Å²) in [7, 11) is 0. The lowest BCUT2D eigenvalue weighted by Gasteiger charge is -2.36. The highest BCUT2D eigenvalue weighted by atomic mass is 35.5. The molecule has 8 heteroatoms. The summed E-state index contributed by atoms with van der Waals surface area (Å²) in [6.45, 7) is 3.64. The maximum absolute atomic E-state index is 6.30. The number of aromatic nitrogens is 2. The SMILES string of the molecule is S=C(Nc1nc(Cl)cc(N2CCN(c3ccccc3)CC2)n1)NC1CCCCCC1. The maximum atomic E-state index is 6.30. The van der Waals surface area contributed by atoms with E-state index in [1.54, 1.807) is 0 Å². The van der Waals surface area contributed by atoms with Gasteiger partial charge >= 0.3 is 0 Å². The molecule has 2 N–H and O–H groups in total. The Bertz CT molecular complexity index is 833. The van der Waals surface area contributed by atoms with Gasteiger partial charge in [0.1, 0.15) is 11.0 Å². The minimum Gasteiger partial charge on any atom is -0.368 e. The molecule has 4 rings (SSSR count). The van der Waals surface area contributed by atoms with Gasteiger partial charge in [-0.15, -0.1) is 0 Å². The van der Waals surface area contributed by atoms with Crippen molar-refractivity contribution in [2.24, 2.45) is 0 Å². The van der Waals surface area contributed by atoms with E-state index in [9.17, 15) is 0 Å². The second-order valence-electron chi connectivity index (χ2n) is 7.97. The fourth-order valence-electron chi connectivity index (χ4n) is 4.20. The number of para-hydroxylation sites is 1. The molecule has 0 radical (unpaired) electrons. The van der Waals surface area contributed by atoms with Crippen molar-refractivity contribution in [1.29, 1.82) is 0 Å². The first-order valence-corrected chi connectivity index (χ1v) is 11.6. The van der Waals surface area contributed by atoms with Gasteiger partial charge in [-0.05, 0) is 37.2 Å². The first-order chi connectivity index (χ1) is 14.7. The Morgan fingerprint density at radius 2 is 1.60 bits per heavy atom. The zero-order valence-corrected chi connectivity index (χ0v) is 18.8. The van der Waals surface area contributed by atoms with E-state index < -0.39 is 0 Å². The van der Waals surface area contributed by atoms with Crippen LogP contribution < -0.4 is 20.4 Å². The van der Waals surface area contributed by atoms with Gasteiger partial charge in [0.2, 0.25) is 5.95 Å². The molecule has 2 fully saturated rings. The molecular formula is C22H29ClN6S. The summed E-state index contributed by atoms with van der Waals surface area (Å²) in [5.41, 5.74) is 1.26. The van der Waals surface area contributed by atoms with Crippen molar-refractivity contribution in [3.63, 3.8) is 0 Å². The van der Waals surface area contributed by atoms with Crippen LogP contribution in [0, 0.1) is 0 Å². The topological polar surface area (TPSA) is 56.3 Å². The van der Waals surface area contributed by atoms with E-state index in [2.05, 4.69) is 54.7 Å². The van der Waals surface area contributed by atoms with Gasteiger partial charge in [-0.2, -0.15) is 4.98 Å². The fraction of sp³-hybridized carbons (Fsp3) is 0.500. The third-order valence-corrected chi connectivity index (χ3v) is 6.24. The third-order valence-electron chi connectivity index (χ3n) is 5.82. The monoisotopic (exact) mass is 444 g/mol. The van der Waals surface area contributed by atoms with Crippen molar-refractivity contribution in [1.82, 2.24) is 15.3 Å². The number of nitrogens with zero attached hydrogens (tertiary/aromatic N) is 4. The molecule has 30 heavy (non-hydrogen) atoms. The van der Waals surface area contributed by atoms with Crippen LogP contribution >= 0.6 is 23.8 Å². The van der Waals surface area contributed by atoms with Crippen molar-refractivity contribution >= 4 is 46.4 Å². The van der Waals surface area contributed by atoms with E-state index in [4.69, 9.17) is 23.8 Å². The molecule has 1 saturated heterocycles. The Labute approximate surface area is 189 Å². The number of piperazine rings is 1. The second kappa shape index (κ2) is 10.3. The van der Waals surface area contributed by atoms with Gasteiger partial charge in [0.25, 0.3) is 0 Å². The van der Waals surface area contributed by atoms with E-state index in [-0.39, 0.29) is 0 Å². The predicted octanol–water partition coefficient (Wildman–Crippen LogP) is 4.47. The van der Waals surface area contributed by atoms with E-state index in [1.165, 1.54) is 31.4 Å². The lowest BCUT2D eigenvalue weighted by atomic mass is 10.1. The Balaban J connectivity index is 1.35. The Morgan fingerprint density at radius 3 is 2.30 bits per heavy atom. The summed E-state index contributed by atoms with van der Waals surface area (Å²) in [6.07, 6.45) is 7.47.